The van der Waals surface area contributed by atoms with Gasteiger partial charge in [-0.3, -0.25) is 4.57 Å². The minimum Gasteiger partial charge on any atom is -0.388 e. The smallest absolute Gasteiger partial charge is 0.167 e. The van der Waals surface area contributed by atoms with E-state index in [1.807, 2.05) is 11.8 Å². The van der Waals surface area contributed by atoms with Gasteiger partial charge in [0, 0.05) is 5.25 Å². The molecular formula is C19H31N5O3S. The number of hydrogen-bond acceptors (Lipinski definition) is 8. The van der Waals surface area contributed by atoms with Gasteiger partial charge in [0.15, 0.2) is 17.7 Å². The summed E-state index contributed by atoms with van der Waals surface area (Å²) in [6.07, 6.45) is 6.99. The Morgan fingerprint density at radius 3 is 2.71 bits per heavy atom. The lowest BCUT2D eigenvalue weighted by Crippen LogP contribution is -2.33. The summed E-state index contributed by atoms with van der Waals surface area (Å²) < 4.78 is 7.75. The molecule has 0 amide bonds. The maximum atomic E-state index is 10.6. The molecule has 0 saturated carbocycles. The van der Waals surface area contributed by atoms with Gasteiger partial charge < -0.3 is 20.7 Å². The number of anilines is 1. The van der Waals surface area contributed by atoms with Crippen LogP contribution < -0.4 is 5.73 Å². The summed E-state index contributed by atoms with van der Waals surface area (Å²) in [5.41, 5.74) is 6.80. The zero-order valence-corrected chi connectivity index (χ0v) is 17.5. The van der Waals surface area contributed by atoms with E-state index in [1.54, 1.807) is 4.57 Å². The molecule has 1 aliphatic heterocycles. The van der Waals surface area contributed by atoms with E-state index < -0.39 is 24.5 Å². The van der Waals surface area contributed by atoms with E-state index in [2.05, 4.69) is 35.1 Å². The number of nitrogens with two attached hydrogens (primary N) is 1. The molecule has 0 radical (unpaired) electrons. The number of rotatable bonds is 9. The van der Waals surface area contributed by atoms with Gasteiger partial charge in [-0.15, -0.1) is 0 Å². The second-order valence-corrected chi connectivity index (χ2v) is 8.66. The molecule has 4 N–H and O–H groups in total. The molecule has 1 saturated heterocycles. The van der Waals surface area contributed by atoms with Crippen molar-refractivity contribution in [2.75, 3.05) is 12.0 Å². The van der Waals surface area contributed by atoms with Crippen molar-refractivity contribution in [2.45, 2.75) is 75.7 Å². The molecule has 8 nitrogen and oxygen atoms in total. The molecule has 156 valence electrons. The Kier molecular flexibility index (Phi) is 7.14. The van der Waals surface area contributed by atoms with Crippen molar-refractivity contribution >= 4 is 28.7 Å². The van der Waals surface area contributed by atoms with E-state index >= 15 is 0 Å². The van der Waals surface area contributed by atoms with Gasteiger partial charge in [-0.1, -0.05) is 26.7 Å². The first-order chi connectivity index (χ1) is 13.5. The SMILES string of the molecule is CCCC(CC(CC)SC)C[C@H]1O[C@@H](n2cnc3c(N)ncnc32)[C@H](O)[C@@H]1O. The zero-order chi connectivity index (χ0) is 20.3. The van der Waals surface area contributed by atoms with Crippen LogP contribution in [0.25, 0.3) is 11.2 Å². The number of nitrogens with zero attached hydrogens (tertiary/aromatic N) is 4. The van der Waals surface area contributed by atoms with Gasteiger partial charge in [0.25, 0.3) is 0 Å². The topological polar surface area (TPSA) is 119 Å². The fourth-order valence-corrected chi connectivity index (χ4v) is 4.88. The zero-order valence-electron chi connectivity index (χ0n) is 16.7. The Bertz CT molecular complexity index is 769. The monoisotopic (exact) mass is 409 g/mol. The summed E-state index contributed by atoms with van der Waals surface area (Å²) >= 11 is 1.89. The maximum Gasteiger partial charge on any atom is 0.167 e. The van der Waals surface area contributed by atoms with Crippen molar-refractivity contribution in [2.24, 2.45) is 5.92 Å². The Morgan fingerprint density at radius 2 is 2.04 bits per heavy atom. The van der Waals surface area contributed by atoms with E-state index in [1.165, 1.54) is 12.7 Å². The second-order valence-electron chi connectivity index (χ2n) is 7.52. The molecule has 0 spiro atoms. The van der Waals surface area contributed by atoms with Gasteiger partial charge in [0.2, 0.25) is 0 Å². The Hall–Kier alpha value is -1.42. The lowest BCUT2D eigenvalue weighted by molar-refractivity contribution is -0.0420. The predicted octanol–water partition coefficient (Wildman–Crippen LogP) is 2.37. The molecular weight excluding hydrogens is 378 g/mol. The highest BCUT2D eigenvalue weighted by molar-refractivity contribution is 7.99. The van der Waals surface area contributed by atoms with Crippen molar-refractivity contribution in [1.29, 1.82) is 0 Å². The minimum atomic E-state index is -1.05. The van der Waals surface area contributed by atoms with Gasteiger partial charge in [-0.05, 0) is 31.4 Å². The van der Waals surface area contributed by atoms with Crippen LogP contribution in [0.1, 0.15) is 52.2 Å². The normalized spacial score (nSPS) is 27.3. The third-order valence-electron chi connectivity index (χ3n) is 5.65. The van der Waals surface area contributed by atoms with E-state index in [4.69, 9.17) is 10.5 Å². The Labute approximate surface area is 169 Å². The van der Waals surface area contributed by atoms with Crippen LogP contribution >= 0.6 is 11.8 Å². The molecule has 0 aromatic carbocycles. The molecule has 2 aromatic rings. The summed E-state index contributed by atoms with van der Waals surface area (Å²) in [6.45, 7) is 4.39. The number of aromatic nitrogens is 4. The van der Waals surface area contributed by atoms with Crippen LogP contribution in [0, 0.1) is 5.92 Å². The Balaban J connectivity index is 1.76. The van der Waals surface area contributed by atoms with Gasteiger partial charge in [-0.25, -0.2) is 15.0 Å². The van der Waals surface area contributed by atoms with Crippen molar-refractivity contribution in [1.82, 2.24) is 19.5 Å². The molecule has 2 unspecified atom stereocenters. The highest BCUT2D eigenvalue weighted by atomic mass is 32.2. The fraction of sp³-hybridized carbons (Fsp3) is 0.737. The molecule has 0 aliphatic carbocycles. The number of thioether (sulfide) groups is 1. The first kappa shape index (κ1) is 21.3. The average Bonchev–Trinajstić information content (AvgIpc) is 3.23. The van der Waals surface area contributed by atoms with Crippen LogP contribution in [-0.2, 0) is 4.74 Å². The summed E-state index contributed by atoms with van der Waals surface area (Å²) in [5, 5.41) is 21.9. The largest absolute Gasteiger partial charge is 0.388 e. The molecule has 28 heavy (non-hydrogen) atoms. The van der Waals surface area contributed by atoms with Gasteiger partial charge in [0.1, 0.15) is 24.1 Å². The quantitative estimate of drug-likeness (QED) is 0.577. The van der Waals surface area contributed by atoms with Crippen LogP contribution in [-0.4, -0.2) is 59.5 Å². The summed E-state index contributed by atoms with van der Waals surface area (Å²) in [7, 11) is 0. The third kappa shape index (κ3) is 4.27. The molecule has 3 rings (SSSR count). The summed E-state index contributed by atoms with van der Waals surface area (Å²) in [5.74, 6) is 0.726. The first-order valence-corrected chi connectivity index (χ1v) is 11.3. The average molecular weight is 410 g/mol. The summed E-state index contributed by atoms with van der Waals surface area (Å²) in [4.78, 5) is 12.4. The van der Waals surface area contributed by atoms with Crippen LogP contribution in [0.3, 0.4) is 0 Å². The summed E-state index contributed by atoms with van der Waals surface area (Å²) in [6, 6.07) is 0. The molecule has 6 atom stereocenters. The standard InChI is InChI=1S/C19H31N5O3S/c1-4-6-11(7-12(5-2)28-3)8-13-15(25)16(26)19(27-13)24-10-23-14-17(20)21-9-22-18(14)24/h9-13,15-16,19,25-26H,4-8H2,1-3H3,(H2,20,21,22)/t11?,12?,13-,15-,16-,19-/m1/s1. The van der Waals surface area contributed by atoms with Gasteiger partial charge in [-0.2, -0.15) is 11.8 Å². The third-order valence-corrected chi connectivity index (χ3v) is 6.84. The van der Waals surface area contributed by atoms with Crippen LogP contribution in [0.2, 0.25) is 0 Å². The van der Waals surface area contributed by atoms with Crippen LogP contribution in [0.4, 0.5) is 5.82 Å². The molecule has 1 fully saturated rings. The predicted molar refractivity (Wildman–Crippen MR) is 111 cm³/mol. The molecule has 3 heterocycles. The second kappa shape index (κ2) is 9.39. The Morgan fingerprint density at radius 1 is 1.25 bits per heavy atom. The highest BCUT2D eigenvalue weighted by Crippen LogP contribution is 2.36. The number of ether oxygens (including phenoxy) is 1. The lowest BCUT2D eigenvalue weighted by atomic mass is 9.89. The van der Waals surface area contributed by atoms with Crippen molar-refractivity contribution in [3.63, 3.8) is 0 Å². The number of imidazole rings is 1. The van der Waals surface area contributed by atoms with Crippen LogP contribution in [0.5, 0.6) is 0 Å². The first-order valence-electron chi connectivity index (χ1n) is 9.97. The van der Waals surface area contributed by atoms with E-state index in [9.17, 15) is 10.2 Å². The van der Waals surface area contributed by atoms with Crippen molar-refractivity contribution in [3.05, 3.63) is 12.7 Å². The number of aliphatic hydroxyl groups is 2. The van der Waals surface area contributed by atoms with Crippen LogP contribution in [0.15, 0.2) is 12.7 Å². The van der Waals surface area contributed by atoms with Crippen molar-refractivity contribution in [3.8, 4) is 0 Å². The molecule has 2 aromatic heterocycles. The van der Waals surface area contributed by atoms with E-state index in [0.717, 1.165) is 32.1 Å². The number of fused-ring (bicyclic) bond motifs is 1. The number of aliphatic hydroxyl groups excluding tert-OH is 2. The highest BCUT2D eigenvalue weighted by Gasteiger charge is 2.45. The van der Waals surface area contributed by atoms with E-state index in [0.29, 0.717) is 22.3 Å². The fourth-order valence-electron chi connectivity index (χ4n) is 4.08. The van der Waals surface area contributed by atoms with Gasteiger partial charge >= 0.3 is 0 Å². The van der Waals surface area contributed by atoms with Gasteiger partial charge in [0.05, 0.1) is 12.4 Å². The molecule has 9 heteroatoms. The number of nitrogen functional groups attached to an aromatic ring is 1. The molecule has 1 aliphatic rings. The maximum absolute atomic E-state index is 10.6. The lowest BCUT2D eigenvalue weighted by Gasteiger charge is -2.25. The van der Waals surface area contributed by atoms with Crippen molar-refractivity contribution < 1.29 is 14.9 Å². The molecule has 0 bridgehead atoms. The minimum absolute atomic E-state index is 0.277. The number of hydrogen-bond donors (Lipinski definition) is 3. The van der Waals surface area contributed by atoms with E-state index in [-0.39, 0.29) is 5.82 Å².